The molecule has 0 aliphatic carbocycles. The normalized spacial score (nSPS) is 11.3. The summed E-state index contributed by atoms with van der Waals surface area (Å²) in [5.41, 5.74) is 0.333. The largest absolute Gasteiger partial charge is 1.00 e. The number of Topliss-reactive ketones (excluding diaryl/α,β-unsaturated/α-hetero) is 2. The standard InChI is InChI=1S/C20H20OP.C15H13ClF2N2O2.C13H9ClF2N2O2.C4H8O.C4H9O.C3H6O.ClH.K/c1-21-17-22(18-11-5-2-6-12-18,19-13-7-3-8-14-19)20-15-9-4-10-16-20;1-9(21)14-13(3-4-22-2)15(16)20(19-14)8-10-5-11(17)7-12(18)6-10;1-7(20)12-11(6-19)13(14)18(17-12)5-8-2-9(15)4-10(16)3-8;1-2-4-5-3-1;1-4(2,3)5;1-3-4-2;;/h2-16H,17H2,1H3;3-7H,8H2,1-2H3;2-4,6H,5H2,1H3;1-4H2;1-3H3;3H,1H2,2H3;1H;/q+1;;;;-1;;;+1/p-1. The van der Waals surface area contributed by atoms with E-state index in [-0.39, 0.29) is 115 Å². The topological polar surface area (TPSA) is 147 Å². The zero-order valence-electron chi connectivity index (χ0n) is 46.2. The monoisotopic (exact) mass is 1210 g/mol. The van der Waals surface area contributed by atoms with Crippen LogP contribution in [0, 0.1) is 23.3 Å². The maximum Gasteiger partial charge on any atom is 1.00 e. The Hall–Kier alpha value is -4.85. The molecule has 0 saturated carbocycles. The van der Waals surface area contributed by atoms with E-state index in [0.717, 1.165) is 42.2 Å². The van der Waals surface area contributed by atoms with Gasteiger partial charge in [-0.15, -0.1) is 5.60 Å². The van der Waals surface area contributed by atoms with Crippen molar-refractivity contribution in [3.8, 4) is 0 Å². The van der Waals surface area contributed by atoms with Crippen LogP contribution in [0.2, 0.25) is 10.3 Å². The molecule has 7 aromatic rings. The molecule has 0 spiro atoms. The molecule has 1 saturated heterocycles. The molecule has 80 heavy (non-hydrogen) atoms. The number of methoxy groups -OCH3 is 3. The second-order valence-corrected chi connectivity index (χ2v) is 22.0. The molecule has 21 heteroatoms. The van der Waals surface area contributed by atoms with Gasteiger partial charge in [-0.2, -0.15) is 10.2 Å². The number of ketones is 2. The van der Waals surface area contributed by atoms with Crippen molar-refractivity contribution < 1.29 is 120 Å². The Labute approximate surface area is 525 Å². The van der Waals surface area contributed by atoms with Crippen LogP contribution in [-0.4, -0.2) is 83.9 Å². The number of carbonyl (C=O) groups is 3. The molecule has 12 nitrogen and oxygen atoms in total. The van der Waals surface area contributed by atoms with Gasteiger partial charge < -0.3 is 36.5 Å². The van der Waals surface area contributed by atoms with Gasteiger partial charge in [0.1, 0.15) is 68.1 Å². The SMILES string of the molecule is C1CCOC1.C=COC.CC(=O)c1nn(Cc2cc(F)cc(F)c2)c(Cl)c1C=O.CC(C)(C)[O-].COC=Cc1c(C(C)=O)nn(Cc2cc(F)cc(F)c2)c1Cl.COC[P+](c1ccccc1)(c1ccccc1)c1ccccc1.[Cl-].[K+]. The van der Waals surface area contributed by atoms with Crippen molar-refractivity contribution in [3.63, 3.8) is 0 Å². The second kappa shape index (κ2) is 38.0. The number of nitrogens with zero attached hydrogens (tertiary/aromatic N) is 4. The Balaban J connectivity index is 0.000000528. The molecule has 0 N–H and O–H groups in total. The van der Waals surface area contributed by atoms with Gasteiger partial charge in [0.25, 0.3) is 0 Å². The van der Waals surface area contributed by atoms with Crippen molar-refractivity contribution in [2.45, 2.75) is 66.2 Å². The van der Waals surface area contributed by atoms with Crippen molar-refractivity contribution in [1.29, 1.82) is 0 Å². The van der Waals surface area contributed by atoms with Crippen LogP contribution in [0.1, 0.15) is 95.5 Å². The third-order valence-corrected chi connectivity index (χ3v) is 15.4. The molecule has 8 rings (SSSR count). The van der Waals surface area contributed by atoms with Crippen LogP contribution in [0.3, 0.4) is 0 Å². The van der Waals surface area contributed by atoms with E-state index in [1.807, 2.05) is 0 Å². The number of ether oxygens (including phenoxy) is 4. The van der Waals surface area contributed by atoms with Gasteiger partial charge in [-0.3, -0.25) is 14.4 Å². The summed E-state index contributed by atoms with van der Waals surface area (Å²) in [6.45, 7) is 12.7. The molecule has 0 amide bonds. The van der Waals surface area contributed by atoms with E-state index in [9.17, 15) is 37.1 Å². The molecule has 5 aromatic carbocycles. The van der Waals surface area contributed by atoms with Gasteiger partial charge in [-0.25, -0.2) is 26.9 Å². The van der Waals surface area contributed by atoms with Crippen LogP contribution in [0.4, 0.5) is 17.6 Å². The van der Waals surface area contributed by atoms with Crippen molar-refractivity contribution in [2.75, 3.05) is 40.9 Å². The summed E-state index contributed by atoms with van der Waals surface area (Å²) < 4.78 is 74.9. The van der Waals surface area contributed by atoms with E-state index in [0.29, 0.717) is 23.8 Å². The summed E-state index contributed by atoms with van der Waals surface area (Å²) in [4.78, 5) is 33.9. The molecule has 2 aromatic heterocycles. The van der Waals surface area contributed by atoms with Gasteiger partial charge >= 0.3 is 51.4 Å². The Bertz CT molecular complexity index is 2870. The van der Waals surface area contributed by atoms with E-state index in [1.165, 1.54) is 85.1 Å². The summed E-state index contributed by atoms with van der Waals surface area (Å²) in [5, 5.41) is 22.3. The first kappa shape index (κ1) is 73.2. The van der Waals surface area contributed by atoms with Crippen molar-refractivity contribution >= 4 is 70.3 Å². The Morgan fingerprint density at radius 1 is 0.675 bits per heavy atom. The van der Waals surface area contributed by atoms with Gasteiger partial charge in [0.15, 0.2) is 24.2 Å². The third kappa shape index (κ3) is 24.3. The number of hydrogen-bond acceptors (Lipinski definition) is 10. The molecular formula is C59H65Cl3F4KN4O8P. The summed E-state index contributed by atoms with van der Waals surface area (Å²) in [7, 11) is 3.04. The minimum Gasteiger partial charge on any atom is -1.00 e. The van der Waals surface area contributed by atoms with E-state index >= 15 is 0 Å². The number of hydrogen-bond donors (Lipinski definition) is 0. The quantitative estimate of drug-likeness (QED) is 0.0305. The number of benzene rings is 5. The molecule has 424 valence electrons. The molecule has 0 unspecified atom stereocenters. The minimum atomic E-state index is -1.78. The molecule has 3 heterocycles. The van der Waals surface area contributed by atoms with Gasteiger partial charge in [-0.1, -0.05) is 105 Å². The predicted molar refractivity (Wildman–Crippen MR) is 301 cm³/mol. The fourth-order valence-corrected chi connectivity index (χ4v) is 11.5. The Morgan fingerprint density at radius 3 is 1.27 bits per heavy atom. The van der Waals surface area contributed by atoms with Crippen LogP contribution in [0.15, 0.2) is 146 Å². The van der Waals surface area contributed by atoms with E-state index in [2.05, 4.69) is 113 Å². The second-order valence-electron chi connectivity index (χ2n) is 17.8. The third-order valence-electron chi connectivity index (χ3n) is 10.4. The number of aldehydes is 1. The number of carbonyl (C=O) groups excluding carboxylic acids is 3. The number of halogens is 7. The van der Waals surface area contributed by atoms with Crippen LogP contribution in [0.25, 0.3) is 6.08 Å². The van der Waals surface area contributed by atoms with Crippen molar-refractivity contribution in [2.24, 2.45) is 0 Å². The Morgan fingerprint density at radius 2 is 1.01 bits per heavy atom. The zero-order chi connectivity index (χ0) is 57.8. The fourth-order valence-electron chi connectivity index (χ4n) is 7.20. The summed E-state index contributed by atoms with van der Waals surface area (Å²) in [5.74, 6) is -3.54. The molecule has 0 bridgehead atoms. The van der Waals surface area contributed by atoms with Gasteiger partial charge in [-0.05, 0) is 90.7 Å². The molecule has 1 aliphatic heterocycles. The molecule has 1 fully saturated rings. The first-order valence-electron chi connectivity index (χ1n) is 24.2. The smallest absolute Gasteiger partial charge is 1.00 e. The zero-order valence-corrected chi connectivity index (χ0v) is 52.5. The van der Waals surface area contributed by atoms with Gasteiger partial charge in [0.2, 0.25) is 0 Å². The maximum absolute atomic E-state index is 13.2. The van der Waals surface area contributed by atoms with Crippen LogP contribution in [0.5, 0.6) is 0 Å². The Kier molecular flexibility index (Phi) is 34.8. The van der Waals surface area contributed by atoms with Gasteiger partial charge in [0, 0.05) is 51.9 Å². The molecule has 0 radical (unpaired) electrons. The molecular weight excluding hydrogens is 1150 g/mol. The summed E-state index contributed by atoms with van der Waals surface area (Å²) in [6, 6.07) is 38.4. The van der Waals surface area contributed by atoms with Crippen LogP contribution < -0.4 is 84.8 Å². The average molecular weight is 1210 g/mol. The average Bonchev–Trinajstić information content (AvgIpc) is 4.16. The first-order chi connectivity index (χ1) is 37.1. The summed E-state index contributed by atoms with van der Waals surface area (Å²) in [6.07, 6.45) is 7.94. The van der Waals surface area contributed by atoms with Crippen LogP contribution >= 0.6 is 30.5 Å². The molecule has 1 aliphatic rings. The van der Waals surface area contributed by atoms with E-state index in [1.54, 1.807) is 35.0 Å². The number of aromatic nitrogens is 4. The minimum absolute atomic E-state index is 0. The fraction of sp³-hybridized carbons (Fsp3) is 0.271. The van der Waals surface area contributed by atoms with Crippen LogP contribution in [-0.2, 0) is 32.0 Å². The number of rotatable bonds is 15. The van der Waals surface area contributed by atoms with Crippen molar-refractivity contribution in [1.82, 2.24) is 19.6 Å². The predicted octanol–water partition coefficient (Wildman–Crippen LogP) is 5.87. The van der Waals surface area contributed by atoms with E-state index < -0.39 is 41.9 Å². The van der Waals surface area contributed by atoms with Crippen molar-refractivity contribution in [3.05, 3.63) is 214 Å². The summed E-state index contributed by atoms with van der Waals surface area (Å²) >= 11 is 12.1. The molecule has 0 atom stereocenters. The first-order valence-corrected chi connectivity index (χ1v) is 26.9. The maximum atomic E-state index is 13.2. The van der Waals surface area contributed by atoms with E-state index in [4.69, 9.17) is 37.4 Å². The van der Waals surface area contributed by atoms with Gasteiger partial charge in [0.05, 0.1) is 45.4 Å².